The molecule has 0 aromatic rings. The fourth-order valence-corrected chi connectivity index (χ4v) is 2.48. The molecule has 0 spiro atoms. The summed E-state index contributed by atoms with van der Waals surface area (Å²) >= 11 is 0. The Balaban J connectivity index is 1.98. The van der Waals surface area contributed by atoms with Gasteiger partial charge >= 0.3 is 5.97 Å². The van der Waals surface area contributed by atoms with Gasteiger partial charge in [0.25, 0.3) is 0 Å². The summed E-state index contributed by atoms with van der Waals surface area (Å²) < 4.78 is 10.5. The minimum atomic E-state index is -0.457. The minimum absolute atomic E-state index is 0.181. The maximum Gasteiger partial charge on any atom is 0.314 e. The summed E-state index contributed by atoms with van der Waals surface area (Å²) in [5, 5.41) is 3.50. The number of rotatable bonds is 4. The molecule has 3 rings (SSSR count). The molecule has 6 nitrogen and oxygen atoms in total. The van der Waals surface area contributed by atoms with Gasteiger partial charge in [0.05, 0.1) is 30.8 Å². The number of nitrogens with zero attached hydrogens (tertiary/aromatic N) is 3. The van der Waals surface area contributed by atoms with Crippen LogP contribution in [0.1, 0.15) is 19.8 Å². The lowest BCUT2D eigenvalue weighted by Crippen LogP contribution is -2.50. The van der Waals surface area contributed by atoms with E-state index in [4.69, 9.17) is 15.0 Å². The Kier molecular flexibility index (Phi) is 2.32. The number of hydrogen-bond donors (Lipinski definition) is 0. The molecule has 1 saturated carbocycles. The molecule has 0 aromatic carbocycles. The molecule has 0 aromatic heterocycles. The van der Waals surface area contributed by atoms with E-state index >= 15 is 0 Å². The van der Waals surface area contributed by atoms with Crippen LogP contribution in [0, 0.1) is 5.41 Å². The van der Waals surface area contributed by atoms with E-state index in [1.807, 2.05) is 0 Å². The number of esters is 1. The van der Waals surface area contributed by atoms with Crippen molar-refractivity contribution in [1.82, 2.24) is 0 Å². The molecule has 82 valence electrons. The average Bonchev–Trinajstić information content (AvgIpc) is 2.70. The highest BCUT2D eigenvalue weighted by Crippen LogP contribution is 2.58. The fourth-order valence-electron chi connectivity index (χ4n) is 2.48. The molecule has 3 aliphatic rings. The zero-order valence-corrected chi connectivity index (χ0v) is 8.60. The first-order chi connectivity index (χ1) is 7.16. The molecule has 1 aliphatic carbocycles. The van der Waals surface area contributed by atoms with Crippen molar-refractivity contribution in [2.45, 2.75) is 25.4 Å². The van der Waals surface area contributed by atoms with Crippen molar-refractivity contribution < 1.29 is 14.3 Å². The number of azide groups is 1. The van der Waals surface area contributed by atoms with Crippen LogP contribution in [-0.2, 0) is 14.3 Å². The third-order valence-electron chi connectivity index (χ3n) is 3.11. The maximum absolute atomic E-state index is 11.6. The SMILES string of the molecule is CCOC(=O)C12COC(CN=[N+]=[N-])(C1)C2. The van der Waals surface area contributed by atoms with Crippen LogP contribution < -0.4 is 0 Å². The zero-order valence-electron chi connectivity index (χ0n) is 8.60. The van der Waals surface area contributed by atoms with Crippen molar-refractivity contribution in [3.63, 3.8) is 0 Å². The third-order valence-corrected chi connectivity index (χ3v) is 3.11. The van der Waals surface area contributed by atoms with E-state index in [9.17, 15) is 4.79 Å². The van der Waals surface area contributed by atoms with E-state index in [0.717, 1.165) is 0 Å². The standard InChI is InChI=1S/C9H13N3O3/c1-2-14-7(13)8-3-9(4-8,15-6-8)5-11-12-10/h2-6H2,1H3. The highest BCUT2D eigenvalue weighted by Gasteiger charge is 2.66. The Hall–Kier alpha value is -1.26. The molecule has 0 unspecified atom stereocenters. The van der Waals surface area contributed by atoms with Gasteiger partial charge in [0.15, 0.2) is 0 Å². The van der Waals surface area contributed by atoms with E-state index < -0.39 is 5.41 Å². The van der Waals surface area contributed by atoms with Crippen LogP contribution in [0.2, 0.25) is 0 Å². The summed E-state index contributed by atoms with van der Waals surface area (Å²) in [7, 11) is 0. The summed E-state index contributed by atoms with van der Waals surface area (Å²) in [6.45, 7) is 2.89. The van der Waals surface area contributed by atoms with Crippen LogP contribution in [-0.4, -0.2) is 31.3 Å². The number of carbonyl (C=O) groups excluding carboxylic acids is 1. The van der Waals surface area contributed by atoms with Crippen LogP contribution in [0.3, 0.4) is 0 Å². The monoisotopic (exact) mass is 211 g/mol. The van der Waals surface area contributed by atoms with Gasteiger partial charge in [-0.1, -0.05) is 5.11 Å². The second-order valence-electron chi connectivity index (χ2n) is 4.22. The maximum atomic E-state index is 11.6. The Morgan fingerprint density at radius 3 is 3.00 bits per heavy atom. The Morgan fingerprint density at radius 2 is 2.40 bits per heavy atom. The zero-order chi connectivity index (χ0) is 10.9. The Labute approximate surface area is 87.2 Å². The molecule has 0 radical (unpaired) electrons. The minimum Gasteiger partial charge on any atom is -0.465 e. The second-order valence-corrected chi connectivity index (χ2v) is 4.22. The van der Waals surface area contributed by atoms with Gasteiger partial charge in [-0.15, -0.1) is 0 Å². The Morgan fingerprint density at radius 1 is 1.67 bits per heavy atom. The van der Waals surface area contributed by atoms with Crippen LogP contribution in [0.25, 0.3) is 10.4 Å². The quantitative estimate of drug-likeness (QED) is 0.305. The molecule has 15 heavy (non-hydrogen) atoms. The number of ether oxygens (including phenoxy) is 2. The molecule has 2 bridgehead atoms. The predicted molar refractivity (Wildman–Crippen MR) is 51.0 cm³/mol. The van der Waals surface area contributed by atoms with Crippen molar-refractivity contribution in [2.75, 3.05) is 19.8 Å². The molecule has 0 amide bonds. The summed E-state index contributed by atoms with van der Waals surface area (Å²) in [6.07, 6.45) is 1.25. The van der Waals surface area contributed by atoms with Crippen LogP contribution in [0.4, 0.5) is 0 Å². The normalized spacial score (nSPS) is 36.6. The largest absolute Gasteiger partial charge is 0.465 e. The average molecular weight is 211 g/mol. The van der Waals surface area contributed by atoms with E-state index in [1.165, 1.54) is 0 Å². The molecule has 6 heteroatoms. The molecule has 0 atom stereocenters. The lowest BCUT2D eigenvalue weighted by atomic mass is 9.62. The van der Waals surface area contributed by atoms with Crippen molar-refractivity contribution in [2.24, 2.45) is 10.5 Å². The van der Waals surface area contributed by atoms with Crippen LogP contribution >= 0.6 is 0 Å². The lowest BCUT2D eigenvalue weighted by Gasteiger charge is -2.41. The summed E-state index contributed by atoms with van der Waals surface area (Å²) in [4.78, 5) is 14.3. The topological polar surface area (TPSA) is 84.3 Å². The van der Waals surface area contributed by atoms with Gasteiger partial charge in [0, 0.05) is 4.91 Å². The Bertz CT molecular complexity index is 329. The van der Waals surface area contributed by atoms with Crippen molar-refractivity contribution >= 4 is 5.97 Å². The third kappa shape index (κ3) is 1.46. The lowest BCUT2D eigenvalue weighted by molar-refractivity contribution is -0.160. The molecule has 2 heterocycles. The first-order valence-corrected chi connectivity index (χ1v) is 4.98. The molecule has 3 fully saturated rings. The summed E-state index contributed by atoms with van der Waals surface area (Å²) in [6, 6.07) is 0. The van der Waals surface area contributed by atoms with Crippen molar-refractivity contribution in [3.05, 3.63) is 10.4 Å². The molecular formula is C9H13N3O3. The van der Waals surface area contributed by atoms with Crippen molar-refractivity contribution in [3.8, 4) is 0 Å². The highest BCUT2D eigenvalue weighted by atomic mass is 16.6. The fraction of sp³-hybridized carbons (Fsp3) is 0.889. The van der Waals surface area contributed by atoms with Crippen LogP contribution in [0.15, 0.2) is 5.11 Å². The van der Waals surface area contributed by atoms with Gasteiger partial charge in [0.2, 0.25) is 0 Å². The molecule has 0 N–H and O–H groups in total. The van der Waals surface area contributed by atoms with E-state index in [0.29, 0.717) is 32.6 Å². The van der Waals surface area contributed by atoms with E-state index in [2.05, 4.69) is 10.0 Å². The first-order valence-electron chi connectivity index (χ1n) is 4.98. The first kappa shape index (κ1) is 10.3. The van der Waals surface area contributed by atoms with Crippen molar-refractivity contribution in [1.29, 1.82) is 0 Å². The van der Waals surface area contributed by atoms with Gasteiger partial charge in [-0.3, -0.25) is 4.79 Å². The van der Waals surface area contributed by atoms with Gasteiger partial charge in [-0.25, -0.2) is 0 Å². The second kappa shape index (κ2) is 3.40. The van der Waals surface area contributed by atoms with Gasteiger partial charge < -0.3 is 9.47 Å². The predicted octanol–water partition coefficient (Wildman–Crippen LogP) is 1.41. The number of fused-ring (bicyclic) bond motifs is 1. The molecule has 2 saturated heterocycles. The van der Waals surface area contributed by atoms with Crippen LogP contribution in [0.5, 0.6) is 0 Å². The van der Waals surface area contributed by atoms with E-state index in [1.54, 1.807) is 6.92 Å². The van der Waals surface area contributed by atoms with Gasteiger partial charge in [-0.2, -0.15) is 0 Å². The highest BCUT2D eigenvalue weighted by molar-refractivity contribution is 5.79. The number of hydrogen-bond acceptors (Lipinski definition) is 4. The number of carbonyl (C=O) groups is 1. The van der Waals surface area contributed by atoms with Gasteiger partial charge in [0.1, 0.15) is 0 Å². The van der Waals surface area contributed by atoms with E-state index in [-0.39, 0.29) is 11.6 Å². The molecular weight excluding hydrogens is 198 g/mol. The summed E-state index contributed by atoms with van der Waals surface area (Å²) in [5.41, 5.74) is 7.38. The van der Waals surface area contributed by atoms with Gasteiger partial charge in [-0.05, 0) is 25.3 Å². The summed E-state index contributed by atoms with van der Waals surface area (Å²) in [5.74, 6) is -0.181. The smallest absolute Gasteiger partial charge is 0.314 e. The molecule has 2 aliphatic heterocycles.